The molecule has 1 aliphatic carbocycles. The van der Waals surface area contributed by atoms with E-state index in [2.05, 4.69) is 31.0 Å². The van der Waals surface area contributed by atoms with Gasteiger partial charge in [0.25, 0.3) is 0 Å². The lowest BCUT2D eigenvalue weighted by molar-refractivity contribution is -0.130. The fraction of sp³-hybridized carbons (Fsp3) is 0.519. The van der Waals surface area contributed by atoms with Crippen molar-refractivity contribution in [1.82, 2.24) is 9.80 Å². The summed E-state index contributed by atoms with van der Waals surface area (Å²) in [6.45, 7) is 5.67. The highest BCUT2D eigenvalue weighted by atomic mass is 16.5. The Morgan fingerprint density at radius 1 is 0.970 bits per heavy atom. The number of likely N-dealkylation sites (N-methyl/N-ethyl adjacent to an activating group) is 1. The topological polar surface area (TPSA) is 51.2 Å². The van der Waals surface area contributed by atoms with Crippen LogP contribution < -0.4 is 14.2 Å². The molecule has 0 aromatic heterocycles. The molecule has 0 radical (unpaired) electrons. The summed E-state index contributed by atoms with van der Waals surface area (Å²) in [4.78, 5) is 17.3. The van der Waals surface area contributed by atoms with Gasteiger partial charge >= 0.3 is 0 Å². The first-order valence-corrected chi connectivity index (χ1v) is 11.8. The van der Waals surface area contributed by atoms with Gasteiger partial charge in [-0.1, -0.05) is 6.07 Å². The molecule has 1 atom stereocenters. The van der Waals surface area contributed by atoms with Gasteiger partial charge in [-0.05, 0) is 85.8 Å². The van der Waals surface area contributed by atoms with E-state index in [1.807, 2.05) is 17.0 Å². The Morgan fingerprint density at radius 2 is 1.67 bits per heavy atom. The number of hydrogen-bond donors (Lipinski definition) is 0. The molecule has 0 spiro atoms. The van der Waals surface area contributed by atoms with Crippen LogP contribution in [0, 0.1) is 6.92 Å². The standard InChI is InChI=1S/C27H36N2O4/c1-18-11-21-12-22(23(21)16-24(18)31-3)17-28(2)8-6-9-29-10-7-19-13-25(32-4)26(33-5)14-20(19)15-27(29)30/h11,13-14,16,22H,6-10,12,15,17H2,1-5H3. The number of carbonyl (C=O) groups excluding carboxylic acids is 1. The summed E-state index contributed by atoms with van der Waals surface area (Å²) in [5.74, 6) is 3.16. The zero-order valence-corrected chi connectivity index (χ0v) is 20.6. The van der Waals surface area contributed by atoms with Crippen LogP contribution in [0.25, 0.3) is 0 Å². The van der Waals surface area contributed by atoms with Crippen LogP contribution in [0.15, 0.2) is 24.3 Å². The molecule has 0 N–H and O–H groups in total. The molecule has 0 saturated heterocycles. The van der Waals surface area contributed by atoms with Crippen molar-refractivity contribution in [3.8, 4) is 17.2 Å². The van der Waals surface area contributed by atoms with Crippen molar-refractivity contribution in [2.75, 3.05) is 54.6 Å². The van der Waals surface area contributed by atoms with Crippen molar-refractivity contribution in [2.45, 2.75) is 38.5 Å². The smallest absolute Gasteiger partial charge is 0.227 e. The van der Waals surface area contributed by atoms with Crippen LogP contribution in [-0.2, 0) is 24.1 Å². The molecule has 1 heterocycles. The molecular weight excluding hydrogens is 416 g/mol. The first-order chi connectivity index (χ1) is 15.9. The SMILES string of the molecule is COc1cc2c(cc1C)CC2CN(C)CCCN1CCc2cc(OC)c(OC)cc2CC1=O. The zero-order chi connectivity index (χ0) is 23.5. The molecule has 1 amide bonds. The van der Waals surface area contributed by atoms with E-state index in [1.54, 1.807) is 21.3 Å². The van der Waals surface area contributed by atoms with Crippen LogP contribution in [0.4, 0.5) is 0 Å². The van der Waals surface area contributed by atoms with E-state index >= 15 is 0 Å². The molecule has 0 saturated carbocycles. The monoisotopic (exact) mass is 452 g/mol. The maximum atomic E-state index is 12.9. The fourth-order valence-electron chi connectivity index (χ4n) is 5.20. The summed E-state index contributed by atoms with van der Waals surface area (Å²) in [6.07, 6.45) is 3.38. The summed E-state index contributed by atoms with van der Waals surface area (Å²) < 4.78 is 16.4. The van der Waals surface area contributed by atoms with E-state index in [1.165, 1.54) is 22.3 Å². The van der Waals surface area contributed by atoms with Gasteiger partial charge in [-0.2, -0.15) is 0 Å². The number of amides is 1. The predicted octanol–water partition coefficient (Wildman–Crippen LogP) is 3.61. The highest BCUT2D eigenvalue weighted by Gasteiger charge is 2.28. The van der Waals surface area contributed by atoms with Crippen molar-refractivity contribution in [3.05, 3.63) is 52.1 Å². The molecule has 6 nitrogen and oxygen atoms in total. The third-order valence-electron chi connectivity index (χ3n) is 7.11. The average Bonchev–Trinajstić information content (AvgIpc) is 2.95. The molecule has 1 aliphatic heterocycles. The minimum atomic E-state index is 0.194. The molecule has 0 fully saturated rings. The lowest BCUT2D eigenvalue weighted by Gasteiger charge is -2.34. The molecular formula is C27H36N2O4. The Bertz CT molecular complexity index is 1020. The molecule has 2 aromatic carbocycles. The van der Waals surface area contributed by atoms with E-state index in [9.17, 15) is 4.79 Å². The number of fused-ring (bicyclic) bond motifs is 2. The number of ether oxygens (including phenoxy) is 3. The third-order valence-corrected chi connectivity index (χ3v) is 7.11. The molecule has 6 heteroatoms. The maximum Gasteiger partial charge on any atom is 0.227 e. The molecule has 2 aliphatic rings. The minimum absolute atomic E-state index is 0.194. The normalized spacial score (nSPS) is 17.2. The van der Waals surface area contributed by atoms with E-state index in [0.717, 1.165) is 62.5 Å². The summed E-state index contributed by atoms with van der Waals surface area (Å²) in [7, 11) is 7.20. The first kappa shape index (κ1) is 23.4. The Kier molecular flexibility index (Phi) is 7.13. The Balaban J connectivity index is 1.28. The van der Waals surface area contributed by atoms with E-state index in [4.69, 9.17) is 14.2 Å². The van der Waals surface area contributed by atoms with Gasteiger partial charge in [-0.25, -0.2) is 0 Å². The van der Waals surface area contributed by atoms with Crippen LogP contribution in [0.1, 0.15) is 40.2 Å². The lowest BCUT2D eigenvalue weighted by atomic mass is 9.76. The molecule has 2 aromatic rings. The molecule has 1 unspecified atom stereocenters. The predicted molar refractivity (Wildman–Crippen MR) is 130 cm³/mol. The van der Waals surface area contributed by atoms with Crippen molar-refractivity contribution < 1.29 is 19.0 Å². The number of rotatable bonds is 9. The van der Waals surface area contributed by atoms with Crippen LogP contribution in [0.3, 0.4) is 0 Å². The molecule has 33 heavy (non-hydrogen) atoms. The van der Waals surface area contributed by atoms with Crippen molar-refractivity contribution in [2.24, 2.45) is 0 Å². The summed E-state index contributed by atoms with van der Waals surface area (Å²) in [5.41, 5.74) is 6.32. The molecule has 178 valence electrons. The van der Waals surface area contributed by atoms with Crippen LogP contribution in [-0.4, -0.2) is 70.3 Å². The number of carbonyl (C=O) groups is 1. The van der Waals surface area contributed by atoms with Gasteiger partial charge < -0.3 is 24.0 Å². The Labute approximate surface area is 197 Å². The number of hydrogen-bond acceptors (Lipinski definition) is 5. The highest BCUT2D eigenvalue weighted by Crippen LogP contribution is 2.39. The summed E-state index contributed by atoms with van der Waals surface area (Å²) in [5, 5.41) is 0. The van der Waals surface area contributed by atoms with Crippen molar-refractivity contribution in [1.29, 1.82) is 0 Å². The minimum Gasteiger partial charge on any atom is -0.496 e. The lowest BCUT2D eigenvalue weighted by Crippen LogP contribution is -2.36. The van der Waals surface area contributed by atoms with Crippen LogP contribution >= 0.6 is 0 Å². The highest BCUT2D eigenvalue weighted by molar-refractivity contribution is 5.80. The maximum absolute atomic E-state index is 12.9. The number of nitrogens with zero attached hydrogens (tertiary/aromatic N) is 2. The fourth-order valence-corrected chi connectivity index (χ4v) is 5.20. The van der Waals surface area contributed by atoms with Crippen molar-refractivity contribution in [3.63, 3.8) is 0 Å². The van der Waals surface area contributed by atoms with Gasteiger partial charge in [0, 0.05) is 25.6 Å². The molecule has 0 bridgehead atoms. The van der Waals surface area contributed by atoms with Gasteiger partial charge in [0.15, 0.2) is 11.5 Å². The second kappa shape index (κ2) is 10.0. The van der Waals surface area contributed by atoms with E-state index in [0.29, 0.717) is 18.1 Å². The summed E-state index contributed by atoms with van der Waals surface area (Å²) >= 11 is 0. The largest absolute Gasteiger partial charge is 0.496 e. The molecule has 4 rings (SSSR count). The second-order valence-corrected chi connectivity index (χ2v) is 9.32. The van der Waals surface area contributed by atoms with Crippen LogP contribution in [0.5, 0.6) is 17.2 Å². The van der Waals surface area contributed by atoms with Gasteiger partial charge in [-0.3, -0.25) is 4.79 Å². The first-order valence-electron chi connectivity index (χ1n) is 11.8. The number of aryl methyl sites for hydroxylation is 1. The van der Waals surface area contributed by atoms with Gasteiger partial charge in [0.1, 0.15) is 5.75 Å². The number of benzene rings is 2. The second-order valence-electron chi connectivity index (χ2n) is 9.32. The third kappa shape index (κ3) is 4.96. The van der Waals surface area contributed by atoms with Crippen LogP contribution in [0.2, 0.25) is 0 Å². The number of methoxy groups -OCH3 is 3. The van der Waals surface area contributed by atoms with Crippen molar-refractivity contribution >= 4 is 5.91 Å². The van der Waals surface area contributed by atoms with E-state index < -0.39 is 0 Å². The van der Waals surface area contributed by atoms with E-state index in [-0.39, 0.29) is 5.91 Å². The van der Waals surface area contributed by atoms with Gasteiger partial charge in [-0.15, -0.1) is 0 Å². The van der Waals surface area contributed by atoms with Gasteiger partial charge in [0.05, 0.1) is 27.8 Å². The zero-order valence-electron chi connectivity index (χ0n) is 20.6. The Hall–Kier alpha value is -2.73. The van der Waals surface area contributed by atoms with Gasteiger partial charge in [0.2, 0.25) is 5.91 Å². The average molecular weight is 453 g/mol. The summed E-state index contributed by atoms with van der Waals surface area (Å²) in [6, 6.07) is 8.45. The quantitative estimate of drug-likeness (QED) is 0.582. The Morgan fingerprint density at radius 3 is 2.36 bits per heavy atom.